The molecular weight excluding hydrogens is 210 g/mol. The second kappa shape index (κ2) is 4.69. The third kappa shape index (κ3) is 3.01. The van der Waals surface area contributed by atoms with Gasteiger partial charge in [-0.3, -0.25) is 0 Å². The van der Waals surface area contributed by atoms with Gasteiger partial charge in [-0.2, -0.15) is 0 Å². The van der Waals surface area contributed by atoms with Crippen LogP contribution in [-0.4, -0.2) is 12.1 Å². The lowest BCUT2D eigenvalue weighted by atomic mass is 9.87. The maximum absolute atomic E-state index is 6.00. The van der Waals surface area contributed by atoms with Crippen LogP contribution < -0.4 is 10.5 Å². The first-order chi connectivity index (χ1) is 7.97. The fourth-order valence-corrected chi connectivity index (χ4v) is 2.31. The van der Waals surface area contributed by atoms with E-state index in [1.54, 1.807) is 0 Å². The fraction of sp³-hybridized carbons (Fsp3) is 0.600. The van der Waals surface area contributed by atoms with Crippen molar-refractivity contribution in [3.8, 4) is 5.75 Å². The molecule has 0 bridgehead atoms. The molecule has 1 saturated carbocycles. The molecule has 1 aliphatic rings. The summed E-state index contributed by atoms with van der Waals surface area (Å²) in [5.41, 5.74) is 7.53. The van der Waals surface area contributed by atoms with Crippen molar-refractivity contribution in [2.45, 2.75) is 57.6 Å². The van der Waals surface area contributed by atoms with Crippen molar-refractivity contribution in [3.63, 3.8) is 0 Å². The lowest BCUT2D eigenvalue weighted by molar-refractivity contribution is 0.191. The molecule has 1 aromatic carbocycles. The summed E-state index contributed by atoms with van der Waals surface area (Å²) in [4.78, 5) is 0. The first-order valence-electron chi connectivity index (χ1n) is 6.49. The number of rotatable bonds is 2. The SMILES string of the molecule is CC(C)(C)c1ccc(OC2CCCC2N)cc1. The van der Waals surface area contributed by atoms with Crippen molar-refractivity contribution < 1.29 is 4.74 Å². The Bertz CT molecular complexity index is 364. The molecule has 0 amide bonds. The molecule has 2 N–H and O–H groups in total. The molecule has 0 saturated heterocycles. The van der Waals surface area contributed by atoms with E-state index < -0.39 is 0 Å². The standard InChI is InChI=1S/C15H23NO/c1-15(2,3)11-7-9-12(10-8-11)17-14-6-4-5-13(14)16/h7-10,13-14H,4-6,16H2,1-3H3. The summed E-state index contributed by atoms with van der Waals surface area (Å²) < 4.78 is 5.93. The van der Waals surface area contributed by atoms with E-state index >= 15 is 0 Å². The van der Waals surface area contributed by atoms with Gasteiger partial charge in [-0.1, -0.05) is 32.9 Å². The van der Waals surface area contributed by atoms with Crippen molar-refractivity contribution in [1.29, 1.82) is 0 Å². The first kappa shape index (κ1) is 12.4. The Morgan fingerprint density at radius 2 is 1.76 bits per heavy atom. The van der Waals surface area contributed by atoms with Crippen LogP contribution in [0.15, 0.2) is 24.3 Å². The Morgan fingerprint density at radius 1 is 1.12 bits per heavy atom. The Hall–Kier alpha value is -1.02. The number of hydrogen-bond acceptors (Lipinski definition) is 2. The number of nitrogens with two attached hydrogens (primary N) is 1. The van der Waals surface area contributed by atoms with Gasteiger partial charge in [0, 0.05) is 6.04 Å². The Balaban J connectivity index is 2.03. The lowest BCUT2D eigenvalue weighted by Crippen LogP contribution is -2.33. The third-order valence-corrected chi connectivity index (χ3v) is 3.51. The van der Waals surface area contributed by atoms with Gasteiger partial charge in [-0.15, -0.1) is 0 Å². The number of benzene rings is 1. The second-order valence-corrected chi connectivity index (χ2v) is 6.03. The summed E-state index contributed by atoms with van der Waals surface area (Å²) in [6.07, 6.45) is 3.56. The zero-order valence-corrected chi connectivity index (χ0v) is 11.1. The van der Waals surface area contributed by atoms with Gasteiger partial charge in [-0.25, -0.2) is 0 Å². The van der Waals surface area contributed by atoms with Crippen LogP contribution in [0, 0.1) is 0 Å². The second-order valence-electron chi connectivity index (χ2n) is 6.03. The van der Waals surface area contributed by atoms with Crippen molar-refractivity contribution in [1.82, 2.24) is 0 Å². The Morgan fingerprint density at radius 3 is 2.24 bits per heavy atom. The highest BCUT2D eigenvalue weighted by Crippen LogP contribution is 2.27. The molecule has 17 heavy (non-hydrogen) atoms. The van der Waals surface area contributed by atoms with Gasteiger partial charge in [0.15, 0.2) is 0 Å². The molecular formula is C15H23NO. The first-order valence-corrected chi connectivity index (χ1v) is 6.49. The van der Waals surface area contributed by atoms with Gasteiger partial charge in [0.25, 0.3) is 0 Å². The summed E-state index contributed by atoms with van der Waals surface area (Å²) in [6.45, 7) is 6.65. The predicted octanol–water partition coefficient (Wildman–Crippen LogP) is 3.24. The molecule has 2 nitrogen and oxygen atoms in total. The van der Waals surface area contributed by atoms with E-state index in [1.807, 2.05) is 0 Å². The molecule has 1 aliphatic carbocycles. The van der Waals surface area contributed by atoms with Crippen molar-refractivity contribution >= 4 is 0 Å². The van der Waals surface area contributed by atoms with Crippen LogP contribution >= 0.6 is 0 Å². The van der Waals surface area contributed by atoms with Gasteiger partial charge in [0.1, 0.15) is 11.9 Å². The van der Waals surface area contributed by atoms with E-state index in [1.165, 1.54) is 12.0 Å². The predicted molar refractivity (Wildman–Crippen MR) is 71.4 cm³/mol. The van der Waals surface area contributed by atoms with E-state index in [0.717, 1.165) is 18.6 Å². The van der Waals surface area contributed by atoms with Crippen molar-refractivity contribution in [2.24, 2.45) is 5.73 Å². The molecule has 0 heterocycles. The minimum atomic E-state index is 0.197. The number of ether oxygens (including phenoxy) is 1. The maximum atomic E-state index is 6.00. The topological polar surface area (TPSA) is 35.2 Å². The maximum Gasteiger partial charge on any atom is 0.119 e. The molecule has 94 valence electrons. The van der Waals surface area contributed by atoms with Crippen LogP contribution in [0.2, 0.25) is 0 Å². The van der Waals surface area contributed by atoms with Gasteiger partial charge < -0.3 is 10.5 Å². The van der Waals surface area contributed by atoms with Crippen LogP contribution in [0.5, 0.6) is 5.75 Å². The molecule has 0 spiro atoms. The molecule has 0 radical (unpaired) electrons. The quantitative estimate of drug-likeness (QED) is 0.851. The van der Waals surface area contributed by atoms with Gasteiger partial charge in [0.2, 0.25) is 0 Å². The summed E-state index contributed by atoms with van der Waals surface area (Å²) in [6, 6.07) is 8.63. The van der Waals surface area contributed by atoms with E-state index in [-0.39, 0.29) is 17.6 Å². The average Bonchev–Trinajstić information content (AvgIpc) is 2.64. The Kier molecular flexibility index (Phi) is 3.43. The minimum absolute atomic E-state index is 0.197. The average molecular weight is 233 g/mol. The minimum Gasteiger partial charge on any atom is -0.489 e. The van der Waals surface area contributed by atoms with Crippen LogP contribution in [0.1, 0.15) is 45.6 Å². The van der Waals surface area contributed by atoms with Crippen LogP contribution in [-0.2, 0) is 5.41 Å². The fourth-order valence-electron chi connectivity index (χ4n) is 2.31. The van der Waals surface area contributed by atoms with Crippen LogP contribution in [0.4, 0.5) is 0 Å². The smallest absolute Gasteiger partial charge is 0.119 e. The molecule has 2 rings (SSSR count). The van der Waals surface area contributed by atoms with Crippen LogP contribution in [0.3, 0.4) is 0 Å². The van der Waals surface area contributed by atoms with Crippen molar-refractivity contribution in [2.75, 3.05) is 0 Å². The highest BCUT2D eigenvalue weighted by molar-refractivity contribution is 5.31. The van der Waals surface area contributed by atoms with E-state index in [0.29, 0.717) is 0 Å². The van der Waals surface area contributed by atoms with Gasteiger partial charge >= 0.3 is 0 Å². The lowest BCUT2D eigenvalue weighted by Gasteiger charge is -2.21. The molecule has 2 atom stereocenters. The number of hydrogen-bond donors (Lipinski definition) is 1. The summed E-state index contributed by atoms with van der Waals surface area (Å²) in [5, 5.41) is 0. The van der Waals surface area contributed by atoms with E-state index in [4.69, 9.17) is 10.5 Å². The summed E-state index contributed by atoms with van der Waals surface area (Å²) in [5.74, 6) is 0.945. The summed E-state index contributed by atoms with van der Waals surface area (Å²) in [7, 11) is 0. The molecule has 1 fully saturated rings. The third-order valence-electron chi connectivity index (χ3n) is 3.51. The van der Waals surface area contributed by atoms with E-state index in [9.17, 15) is 0 Å². The summed E-state index contributed by atoms with van der Waals surface area (Å²) >= 11 is 0. The van der Waals surface area contributed by atoms with Gasteiger partial charge in [-0.05, 0) is 42.4 Å². The molecule has 1 aromatic rings. The zero-order chi connectivity index (χ0) is 12.5. The highest BCUT2D eigenvalue weighted by atomic mass is 16.5. The Labute approximate surface area is 104 Å². The van der Waals surface area contributed by atoms with Gasteiger partial charge in [0.05, 0.1) is 0 Å². The van der Waals surface area contributed by atoms with Crippen molar-refractivity contribution in [3.05, 3.63) is 29.8 Å². The normalized spacial score (nSPS) is 24.9. The largest absolute Gasteiger partial charge is 0.489 e. The van der Waals surface area contributed by atoms with E-state index in [2.05, 4.69) is 45.0 Å². The van der Waals surface area contributed by atoms with Crippen LogP contribution in [0.25, 0.3) is 0 Å². The molecule has 2 unspecified atom stereocenters. The monoisotopic (exact) mass is 233 g/mol. The molecule has 0 aliphatic heterocycles. The molecule has 2 heteroatoms. The zero-order valence-electron chi connectivity index (χ0n) is 11.1. The highest BCUT2D eigenvalue weighted by Gasteiger charge is 2.25. The molecule has 0 aromatic heterocycles.